The Labute approximate surface area is 294 Å². The molecule has 0 unspecified atom stereocenters. The summed E-state index contributed by atoms with van der Waals surface area (Å²) in [5, 5.41) is 27.0. The van der Waals surface area contributed by atoms with Gasteiger partial charge < -0.3 is 14.6 Å². The van der Waals surface area contributed by atoms with Gasteiger partial charge in [0.05, 0.1) is 10.7 Å². The molecule has 4 aliphatic carbocycles. The highest BCUT2D eigenvalue weighted by atomic mass is 32.2. The van der Waals surface area contributed by atoms with Crippen molar-refractivity contribution in [2.75, 3.05) is 11.5 Å². The fourth-order valence-electron chi connectivity index (χ4n) is 11.5. The van der Waals surface area contributed by atoms with Gasteiger partial charge in [0.2, 0.25) is 0 Å². The standard InChI is InChI=1S/C41H58O3S2Si/c1-28(37-45-24-13-25-46-37)41(43)36(42)27-35-33-19-18-29-26-30(20-22-39(29,5)34(33)21-23-40(35,41)6)44-47(38(2,3)4,31-14-9-7-10-15-31)32-16-11-8-12-17-32/h7-12,14-18,28,30,33-37,42-43H,13,19-27H2,1-6H3/t28-,30+,33-,34+,35+,36-,39+,40+,41-/m1/s1. The van der Waals surface area contributed by atoms with Crippen LogP contribution in [0.25, 0.3) is 0 Å². The summed E-state index contributed by atoms with van der Waals surface area (Å²) >= 11 is 4.02. The number of hydrogen-bond acceptors (Lipinski definition) is 5. The minimum Gasteiger partial charge on any atom is -0.404 e. The van der Waals surface area contributed by atoms with Crippen molar-refractivity contribution in [3.63, 3.8) is 0 Å². The maximum absolute atomic E-state index is 12.6. The molecule has 1 heterocycles. The predicted octanol–water partition coefficient (Wildman–Crippen LogP) is 8.43. The van der Waals surface area contributed by atoms with Crippen LogP contribution in [0.1, 0.15) is 92.9 Å². The molecule has 7 rings (SSSR count). The maximum Gasteiger partial charge on any atom is 0.261 e. The van der Waals surface area contributed by atoms with E-state index in [9.17, 15) is 10.2 Å². The zero-order valence-electron chi connectivity index (χ0n) is 29.6. The van der Waals surface area contributed by atoms with Crippen LogP contribution in [0.5, 0.6) is 0 Å². The van der Waals surface area contributed by atoms with Crippen LogP contribution < -0.4 is 10.4 Å². The summed E-state index contributed by atoms with van der Waals surface area (Å²) in [6.45, 7) is 14.3. The minimum atomic E-state index is -2.62. The molecule has 0 amide bonds. The summed E-state index contributed by atoms with van der Waals surface area (Å²) < 4.78 is 8.06. The quantitative estimate of drug-likeness (QED) is 0.236. The molecular weight excluding hydrogens is 633 g/mol. The van der Waals surface area contributed by atoms with Gasteiger partial charge >= 0.3 is 0 Å². The van der Waals surface area contributed by atoms with Gasteiger partial charge in [-0.15, -0.1) is 23.5 Å². The Hall–Kier alpha value is -1.02. The van der Waals surface area contributed by atoms with Gasteiger partial charge in [0.15, 0.2) is 0 Å². The van der Waals surface area contributed by atoms with Gasteiger partial charge in [0, 0.05) is 17.4 Å². The van der Waals surface area contributed by atoms with Crippen molar-refractivity contribution in [1.29, 1.82) is 0 Å². The second-order valence-corrected chi connectivity index (χ2v) is 24.2. The molecule has 5 aliphatic rings. The van der Waals surface area contributed by atoms with Crippen LogP contribution in [0.15, 0.2) is 72.3 Å². The van der Waals surface area contributed by atoms with Gasteiger partial charge in [-0.1, -0.05) is 114 Å². The van der Waals surface area contributed by atoms with E-state index in [4.69, 9.17) is 4.43 Å². The Morgan fingerprint density at radius 1 is 0.894 bits per heavy atom. The van der Waals surface area contributed by atoms with Crippen molar-refractivity contribution in [1.82, 2.24) is 0 Å². The van der Waals surface area contributed by atoms with Gasteiger partial charge in [-0.2, -0.15) is 0 Å². The number of aliphatic hydroxyl groups is 2. The average molecular weight is 691 g/mol. The third kappa shape index (κ3) is 5.32. The normalized spacial score (nSPS) is 38.6. The van der Waals surface area contributed by atoms with Crippen LogP contribution in [0.3, 0.4) is 0 Å². The molecule has 2 N–H and O–H groups in total. The highest BCUT2D eigenvalue weighted by Gasteiger charge is 2.69. The molecule has 9 atom stereocenters. The van der Waals surface area contributed by atoms with Crippen molar-refractivity contribution in [2.24, 2.45) is 34.5 Å². The Morgan fingerprint density at radius 3 is 2.11 bits per heavy atom. The van der Waals surface area contributed by atoms with E-state index >= 15 is 0 Å². The molecule has 0 radical (unpaired) electrons. The van der Waals surface area contributed by atoms with Crippen LogP contribution in [-0.4, -0.2) is 52.4 Å². The molecule has 1 saturated heterocycles. The third-order valence-electron chi connectivity index (χ3n) is 14.1. The van der Waals surface area contributed by atoms with Crippen LogP contribution in [-0.2, 0) is 4.43 Å². The molecule has 3 nitrogen and oxygen atoms in total. The summed E-state index contributed by atoms with van der Waals surface area (Å²) in [6.07, 6.45) is 10.7. The first-order valence-electron chi connectivity index (χ1n) is 18.5. The zero-order chi connectivity index (χ0) is 33.2. The number of benzene rings is 2. The monoisotopic (exact) mass is 690 g/mol. The molecule has 1 aliphatic heterocycles. The first kappa shape index (κ1) is 34.4. The highest BCUT2D eigenvalue weighted by Crippen LogP contribution is 2.69. The van der Waals surface area contributed by atoms with E-state index in [2.05, 4.69) is 108 Å². The summed E-state index contributed by atoms with van der Waals surface area (Å²) in [5.41, 5.74) is 0.531. The van der Waals surface area contributed by atoms with Crippen molar-refractivity contribution >= 4 is 42.2 Å². The van der Waals surface area contributed by atoms with Crippen molar-refractivity contribution < 1.29 is 14.6 Å². The summed E-state index contributed by atoms with van der Waals surface area (Å²) in [6, 6.07) is 22.2. The lowest BCUT2D eigenvalue weighted by Crippen LogP contribution is -2.68. The van der Waals surface area contributed by atoms with Gasteiger partial charge in [0.25, 0.3) is 8.32 Å². The maximum atomic E-state index is 12.6. The lowest BCUT2D eigenvalue weighted by Gasteiger charge is -2.60. The summed E-state index contributed by atoms with van der Waals surface area (Å²) in [4.78, 5) is 0. The van der Waals surface area contributed by atoms with Crippen LogP contribution in [0, 0.1) is 34.5 Å². The molecule has 2 aromatic rings. The molecule has 0 aromatic heterocycles. The summed E-state index contributed by atoms with van der Waals surface area (Å²) in [7, 11) is -2.62. The van der Waals surface area contributed by atoms with Gasteiger partial charge in [-0.3, -0.25) is 0 Å². The van der Waals surface area contributed by atoms with Gasteiger partial charge in [-0.25, -0.2) is 0 Å². The molecule has 256 valence electrons. The molecule has 2 aromatic carbocycles. The lowest BCUT2D eigenvalue weighted by molar-refractivity contribution is -0.176. The van der Waals surface area contributed by atoms with E-state index in [1.807, 2.05) is 23.5 Å². The average Bonchev–Trinajstić information content (AvgIpc) is 3.29. The van der Waals surface area contributed by atoms with E-state index in [-0.39, 0.29) is 27.9 Å². The fraction of sp³-hybridized carbons (Fsp3) is 0.659. The Kier molecular flexibility index (Phi) is 9.25. The molecule has 4 fully saturated rings. The SMILES string of the molecule is C[C@H](C1SCCCS1)[C@@]1(O)[C@H](O)C[C@H]2[C@@H]3CC=C4C[C@@H](O[Si](c5ccccc5)(c5ccccc5)C(C)(C)C)CC[C@]4(C)[C@H]3CC[C@@]21C. The molecular formula is C41H58O3S2Si. The number of thioether (sulfide) groups is 2. The number of aliphatic hydroxyl groups excluding tert-OH is 1. The fourth-order valence-corrected chi connectivity index (χ4v) is 19.5. The molecule has 0 bridgehead atoms. The highest BCUT2D eigenvalue weighted by molar-refractivity contribution is 8.17. The van der Waals surface area contributed by atoms with Gasteiger partial charge in [-0.05, 0) is 101 Å². The number of allylic oxidation sites excluding steroid dienone is 1. The number of fused-ring (bicyclic) bond motifs is 5. The second-order valence-electron chi connectivity index (χ2n) is 17.2. The lowest BCUT2D eigenvalue weighted by atomic mass is 9.46. The molecule has 3 saturated carbocycles. The predicted molar refractivity (Wildman–Crippen MR) is 203 cm³/mol. The summed E-state index contributed by atoms with van der Waals surface area (Å²) in [5.74, 6) is 3.93. The number of hydrogen-bond donors (Lipinski definition) is 2. The van der Waals surface area contributed by atoms with Crippen LogP contribution >= 0.6 is 23.5 Å². The Balaban J connectivity index is 1.16. The largest absolute Gasteiger partial charge is 0.404 e. The first-order valence-corrected chi connectivity index (χ1v) is 22.5. The topological polar surface area (TPSA) is 49.7 Å². The van der Waals surface area contributed by atoms with E-state index in [0.717, 1.165) is 44.9 Å². The second kappa shape index (κ2) is 12.6. The van der Waals surface area contributed by atoms with E-state index < -0.39 is 20.0 Å². The van der Waals surface area contributed by atoms with Gasteiger partial charge in [0.1, 0.15) is 5.60 Å². The van der Waals surface area contributed by atoms with Crippen molar-refractivity contribution in [3.8, 4) is 0 Å². The Bertz CT molecular complexity index is 1400. The smallest absolute Gasteiger partial charge is 0.261 e. The zero-order valence-corrected chi connectivity index (χ0v) is 32.2. The Morgan fingerprint density at radius 2 is 1.51 bits per heavy atom. The minimum absolute atomic E-state index is 0.0256. The van der Waals surface area contributed by atoms with E-state index in [1.165, 1.54) is 28.3 Å². The molecule has 47 heavy (non-hydrogen) atoms. The first-order chi connectivity index (χ1) is 22.4. The molecule has 6 heteroatoms. The van der Waals surface area contributed by atoms with Crippen LogP contribution in [0.2, 0.25) is 5.04 Å². The third-order valence-corrected chi connectivity index (χ3v) is 22.5. The molecule has 0 spiro atoms. The van der Waals surface area contributed by atoms with E-state index in [0.29, 0.717) is 22.3 Å². The van der Waals surface area contributed by atoms with E-state index in [1.54, 1.807) is 5.57 Å². The van der Waals surface area contributed by atoms with Crippen molar-refractivity contribution in [3.05, 3.63) is 72.3 Å². The van der Waals surface area contributed by atoms with Crippen molar-refractivity contribution in [2.45, 2.75) is 120 Å². The van der Waals surface area contributed by atoms with Crippen LogP contribution in [0.4, 0.5) is 0 Å². The number of rotatable bonds is 6.